The summed E-state index contributed by atoms with van der Waals surface area (Å²) < 4.78 is 0. The number of carboxylic acid groups (broad SMARTS) is 1. The summed E-state index contributed by atoms with van der Waals surface area (Å²) in [5.74, 6) is -0.804. The van der Waals surface area contributed by atoms with Gasteiger partial charge in [-0.15, -0.1) is 0 Å². The molecule has 0 aliphatic rings. The fraction of sp³-hybridized carbons (Fsp3) is 0.400. The van der Waals surface area contributed by atoms with E-state index in [0.29, 0.717) is 18.8 Å². The van der Waals surface area contributed by atoms with Crippen molar-refractivity contribution in [3.05, 3.63) is 18.1 Å². The summed E-state index contributed by atoms with van der Waals surface area (Å²) in [6.45, 7) is 0.384. The van der Waals surface area contributed by atoms with Crippen LogP contribution in [0.15, 0.2) is 12.4 Å². The highest BCUT2D eigenvalue weighted by atomic mass is 16.4. The van der Waals surface area contributed by atoms with E-state index in [1.165, 1.54) is 17.3 Å². The van der Waals surface area contributed by atoms with E-state index in [2.05, 4.69) is 15.3 Å². The van der Waals surface area contributed by atoms with Gasteiger partial charge in [0.25, 0.3) is 0 Å². The van der Waals surface area contributed by atoms with Gasteiger partial charge in [-0.3, -0.25) is 9.78 Å². The molecule has 0 saturated carbocycles. The van der Waals surface area contributed by atoms with Gasteiger partial charge in [-0.1, -0.05) is 0 Å². The lowest BCUT2D eigenvalue weighted by molar-refractivity contribution is -0.128. The van der Waals surface area contributed by atoms with E-state index in [9.17, 15) is 9.59 Å². The van der Waals surface area contributed by atoms with Crippen LogP contribution in [0.1, 0.15) is 16.9 Å². The molecule has 0 aliphatic heterocycles. The van der Waals surface area contributed by atoms with Crippen molar-refractivity contribution < 1.29 is 14.7 Å². The zero-order valence-corrected chi connectivity index (χ0v) is 9.67. The number of rotatable bonds is 5. The smallest absolute Gasteiger partial charge is 0.356 e. The molecule has 0 unspecified atom stereocenters. The molecule has 1 rings (SSSR count). The summed E-state index contributed by atoms with van der Waals surface area (Å²) in [5, 5.41) is 11.5. The summed E-state index contributed by atoms with van der Waals surface area (Å²) in [6.07, 6.45) is 2.89. The summed E-state index contributed by atoms with van der Waals surface area (Å²) in [4.78, 5) is 30.9. The summed E-state index contributed by atoms with van der Waals surface area (Å²) in [6, 6.07) is 0. The van der Waals surface area contributed by atoms with Crippen molar-refractivity contribution in [2.75, 3.05) is 26.0 Å². The number of aromatic nitrogens is 2. The van der Waals surface area contributed by atoms with Crippen LogP contribution in [0, 0.1) is 0 Å². The quantitative estimate of drug-likeness (QED) is 0.753. The van der Waals surface area contributed by atoms with Gasteiger partial charge in [-0.2, -0.15) is 0 Å². The molecule has 1 aromatic heterocycles. The van der Waals surface area contributed by atoms with Crippen LogP contribution in [0.3, 0.4) is 0 Å². The van der Waals surface area contributed by atoms with E-state index in [-0.39, 0.29) is 11.6 Å². The number of anilines is 1. The molecule has 92 valence electrons. The zero-order valence-electron chi connectivity index (χ0n) is 9.67. The van der Waals surface area contributed by atoms with E-state index < -0.39 is 5.97 Å². The van der Waals surface area contributed by atoms with Crippen molar-refractivity contribution >= 4 is 17.7 Å². The van der Waals surface area contributed by atoms with E-state index in [0.717, 1.165) is 0 Å². The van der Waals surface area contributed by atoms with Crippen LogP contribution >= 0.6 is 0 Å². The third-order valence-corrected chi connectivity index (χ3v) is 2.00. The molecule has 0 aromatic carbocycles. The lowest BCUT2D eigenvalue weighted by Gasteiger charge is -2.10. The number of amides is 1. The SMILES string of the molecule is CN(C)C(=O)CCNc1cncc(C(=O)O)n1. The Morgan fingerprint density at radius 3 is 2.71 bits per heavy atom. The minimum atomic E-state index is -1.13. The molecule has 1 aromatic rings. The maximum absolute atomic E-state index is 11.3. The van der Waals surface area contributed by atoms with Gasteiger partial charge in [0.1, 0.15) is 5.82 Å². The number of nitrogens with one attached hydrogen (secondary N) is 1. The number of hydrogen-bond donors (Lipinski definition) is 2. The highest BCUT2D eigenvalue weighted by molar-refractivity contribution is 5.85. The standard InChI is InChI=1S/C10H14N4O3/c1-14(2)9(15)3-4-12-8-6-11-5-7(13-8)10(16)17/h5-6H,3-4H2,1-2H3,(H,12,13)(H,16,17). The van der Waals surface area contributed by atoms with Crippen LogP contribution < -0.4 is 5.32 Å². The Labute approximate surface area is 98.5 Å². The van der Waals surface area contributed by atoms with E-state index >= 15 is 0 Å². The highest BCUT2D eigenvalue weighted by Gasteiger charge is 2.07. The molecule has 0 fully saturated rings. The molecular weight excluding hydrogens is 224 g/mol. The Morgan fingerprint density at radius 2 is 2.12 bits per heavy atom. The predicted molar refractivity (Wildman–Crippen MR) is 60.8 cm³/mol. The van der Waals surface area contributed by atoms with E-state index in [4.69, 9.17) is 5.11 Å². The molecule has 17 heavy (non-hydrogen) atoms. The third-order valence-electron chi connectivity index (χ3n) is 2.00. The number of carbonyl (C=O) groups excluding carboxylic acids is 1. The topological polar surface area (TPSA) is 95.4 Å². The first-order valence-electron chi connectivity index (χ1n) is 5.00. The first kappa shape index (κ1) is 12.9. The van der Waals surface area contributed by atoms with Gasteiger partial charge in [0.2, 0.25) is 5.91 Å². The molecule has 7 nitrogen and oxygen atoms in total. The molecule has 1 amide bonds. The average molecular weight is 238 g/mol. The van der Waals surface area contributed by atoms with Gasteiger partial charge in [-0.05, 0) is 0 Å². The molecule has 0 atom stereocenters. The van der Waals surface area contributed by atoms with Crippen LogP contribution in [0.4, 0.5) is 5.82 Å². The Bertz CT molecular complexity index is 420. The Kier molecular flexibility index (Phi) is 4.38. The van der Waals surface area contributed by atoms with Crippen LogP contribution in [0.2, 0.25) is 0 Å². The van der Waals surface area contributed by atoms with Gasteiger partial charge in [0.15, 0.2) is 5.69 Å². The second kappa shape index (κ2) is 5.78. The van der Waals surface area contributed by atoms with E-state index in [1.807, 2.05) is 0 Å². The van der Waals surface area contributed by atoms with Crippen LogP contribution in [0.5, 0.6) is 0 Å². The minimum Gasteiger partial charge on any atom is -0.476 e. The lowest BCUT2D eigenvalue weighted by Crippen LogP contribution is -2.24. The van der Waals surface area contributed by atoms with Crippen molar-refractivity contribution in [1.82, 2.24) is 14.9 Å². The number of hydrogen-bond acceptors (Lipinski definition) is 5. The van der Waals surface area contributed by atoms with Crippen molar-refractivity contribution in [2.45, 2.75) is 6.42 Å². The minimum absolute atomic E-state index is 0.0140. The van der Waals surface area contributed by atoms with Crippen molar-refractivity contribution in [1.29, 1.82) is 0 Å². The monoisotopic (exact) mass is 238 g/mol. The predicted octanol–water partition coefficient (Wildman–Crippen LogP) is 0.0650. The van der Waals surface area contributed by atoms with E-state index in [1.54, 1.807) is 14.1 Å². The summed E-state index contributed by atoms with van der Waals surface area (Å²) in [7, 11) is 3.35. The molecule has 7 heteroatoms. The van der Waals surface area contributed by atoms with Gasteiger partial charge < -0.3 is 15.3 Å². The molecule has 2 N–H and O–H groups in total. The maximum Gasteiger partial charge on any atom is 0.356 e. The first-order chi connectivity index (χ1) is 8.00. The molecule has 0 radical (unpaired) electrons. The molecule has 0 spiro atoms. The van der Waals surface area contributed by atoms with Gasteiger partial charge in [0, 0.05) is 27.1 Å². The Morgan fingerprint density at radius 1 is 1.41 bits per heavy atom. The van der Waals surface area contributed by atoms with Gasteiger partial charge >= 0.3 is 5.97 Å². The fourth-order valence-electron chi connectivity index (χ4n) is 1.08. The van der Waals surface area contributed by atoms with Gasteiger partial charge in [-0.25, -0.2) is 9.78 Å². The number of aromatic carboxylic acids is 1. The maximum atomic E-state index is 11.3. The number of carboxylic acids is 1. The third kappa shape index (κ3) is 4.06. The molecular formula is C10H14N4O3. The molecule has 0 aliphatic carbocycles. The number of nitrogens with zero attached hydrogens (tertiary/aromatic N) is 3. The van der Waals surface area contributed by atoms with Gasteiger partial charge in [0.05, 0.1) is 12.4 Å². The normalized spacial score (nSPS) is 9.76. The highest BCUT2D eigenvalue weighted by Crippen LogP contribution is 2.02. The number of carbonyl (C=O) groups is 2. The molecule has 0 saturated heterocycles. The lowest BCUT2D eigenvalue weighted by atomic mass is 10.4. The molecule has 1 heterocycles. The largest absolute Gasteiger partial charge is 0.476 e. The van der Waals surface area contributed by atoms with Crippen molar-refractivity contribution in [3.63, 3.8) is 0 Å². The van der Waals surface area contributed by atoms with Crippen LogP contribution in [-0.2, 0) is 4.79 Å². The Hall–Kier alpha value is -2.18. The molecule has 0 bridgehead atoms. The van der Waals surface area contributed by atoms with Crippen molar-refractivity contribution in [2.24, 2.45) is 0 Å². The van der Waals surface area contributed by atoms with Crippen LogP contribution in [0.25, 0.3) is 0 Å². The second-order valence-electron chi connectivity index (χ2n) is 3.56. The average Bonchev–Trinajstić information content (AvgIpc) is 2.29. The second-order valence-corrected chi connectivity index (χ2v) is 3.56. The zero-order chi connectivity index (χ0) is 12.8. The fourth-order valence-corrected chi connectivity index (χ4v) is 1.08. The first-order valence-corrected chi connectivity index (χ1v) is 5.00. The Balaban J connectivity index is 2.50. The van der Waals surface area contributed by atoms with Crippen molar-refractivity contribution in [3.8, 4) is 0 Å². The summed E-state index contributed by atoms with van der Waals surface area (Å²) >= 11 is 0. The van der Waals surface area contributed by atoms with Crippen LogP contribution in [-0.4, -0.2) is 52.5 Å². The summed E-state index contributed by atoms with van der Waals surface area (Å²) in [5.41, 5.74) is -0.131.